The van der Waals surface area contributed by atoms with Gasteiger partial charge in [0.2, 0.25) is 5.91 Å². The molecule has 0 radical (unpaired) electrons. The minimum Gasteiger partial charge on any atom is -0.539 e. The summed E-state index contributed by atoms with van der Waals surface area (Å²) in [5.74, 6) is -3.44. The number of nitrogens with one attached hydrogen (secondary N) is 1. The first-order valence-electron chi connectivity index (χ1n) is 6.97. The van der Waals surface area contributed by atoms with E-state index in [1.165, 1.54) is 0 Å². The lowest BCUT2D eigenvalue weighted by Crippen LogP contribution is -2.53. The molecule has 5 N–H and O–H groups in total. The van der Waals surface area contributed by atoms with Crippen LogP contribution in [0.3, 0.4) is 0 Å². The molecule has 0 saturated heterocycles. The highest BCUT2D eigenvalue weighted by Gasteiger charge is 2.61. The first-order valence-corrected chi connectivity index (χ1v) is 6.97. The molecule has 1 fully saturated rings. The summed E-state index contributed by atoms with van der Waals surface area (Å²) in [6, 6.07) is 10.1. The summed E-state index contributed by atoms with van der Waals surface area (Å²) in [5.41, 5.74) is 4.77. The predicted molar refractivity (Wildman–Crippen MR) is 75.3 cm³/mol. The van der Waals surface area contributed by atoms with Gasteiger partial charge in [0, 0.05) is 12.5 Å². The van der Waals surface area contributed by atoms with Crippen molar-refractivity contribution in [1.29, 1.82) is 0 Å². The van der Waals surface area contributed by atoms with Gasteiger partial charge in [0.05, 0.1) is 12.0 Å². The number of rotatable bonds is 4. The van der Waals surface area contributed by atoms with Gasteiger partial charge in [-0.05, 0) is 18.9 Å². The lowest BCUT2D eigenvalue weighted by atomic mass is 9.92. The third-order valence-corrected chi connectivity index (χ3v) is 3.66. The molecule has 1 aromatic carbocycles. The molecule has 1 aromatic rings. The average Bonchev–Trinajstić information content (AvgIpc) is 3.25. The highest BCUT2D eigenvalue weighted by atomic mass is 16.4. The Morgan fingerprint density at radius 3 is 2.27 bits per heavy atom. The van der Waals surface area contributed by atoms with E-state index >= 15 is 0 Å². The third-order valence-electron chi connectivity index (χ3n) is 3.66. The molecule has 0 bridgehead atoms. The summed E-state index contributed by atoms with van der Waals surface area (Å²) < 4.78 is 0. The van der Waals surface area contributed by atoms with Gasteiger partial charge in [-0.25, -0.2) is 4.79 Å². The summed E-state index contributed by atoms with van der Waals surface area (Å²) in [6.45, 7) is 3.47. The molecule has 7 heteroatoms. The van der Waals surface area contributed by atoms with E-state index in [2.05, 4.69) is 11.1 Å². The van der Waals surface area contributed by atoms with Crippen molar-refractivity contribution in [3.8, 4) is 0 Å². The molecular weight excluding hydrogens is 288 g/mol. The number of likely N-dealkylation sites (N-methyl/N-ethyl adjacent to an activating group) is 1. The molecule has 1 saturated carbocycles. The van der Waals surface area contributed by atoms with Crippen molar-refractivity contribution in [2.24, 2.45) is 5.92 Å². The molecule has 120 valence electrons. The van der Waals surface area contributed by atoms with E-state index in [1.54, 1.807) is 0 Å². The monoisotopic (exact) mass is 308 g/mol. The van der Waals surface area contributed by atoms with E-state index < -0.39 is 11.9 Å². The Bertz CT molecular complexity index is 534. The molecular formula is C15H20N2O5. The van der Waals surface area contributed by atoms with E-state index in [4.69, 9.17) is 19.8 Å². The normalized spacial score (nSPS) is 22.0. The van der Waals surface area contributed by atoms with Crippen molar-refractivity contribution in [1.82, 2.24) is 5.32 Å². The molecule has 22 heavy (non-hydrogen) atoms. The fraction of sp³-hybridized carbons (Fsp3) is 0.400. The third kappa shape index (κ3) is 3.82. The molecule has 0 heterocycles. The van der Waals surface area contributed by atoms with Crippen LogP contribution in [0.15, 0.2) is 30.3 Å². The topological polar surface area (TPSA) is 134 Å². The van der Waals surface area contributed by atoms with Crippen molar-refractivity contribution in [2.45, 2.75) is 18.8 Å². The lowest BCUT2D eigenvalue weighted by Gasteiger charge is -2.16. The average molecular weight is 308 g/mol. The Morgan fingerprint density at radius 1 is 1.36 bits per heavy atom. The van der Waals surface area contributed by atoms with Gasteiger partial charge < -0.3 is 26.1 Å². The molecule has 0 aliphatic heterocycles. The first kappa shape index (κ1) is 17.6. The second kappa shape index (κ2) is 7.56. The second-order valence-corrected chi connectivity index (χ2v) is 4.98. The molecule has 1 aliphatic carbocycles. The number of carboxylic acids is 2. The Labute approximate surface area is 128 Å². The van der Waals surface area contributed by atoms with Crippen LogP contribution in [0.5, 0.6) is 0 Å². The molecule has 2 unspecified atom stereocenters. The van der Waals surface area contributed by atoms with Gasteiger partial charge in [0.1, 0.15) is 0 Å². The van der Waals surface area contributed by atoms with Gasteiger partial charge in [-0.3, -0.25) is 4.79 Å². The largest absolute Gasteiger partial charge is 0.539 e. The van der Waals surface area contributed by atoms with Crippen LogP contribution in [0.25, 0.3) is 0 Å². The van der Waals surface area contributed by atoms with E-state index in [0.29, 0.717) is 12.5 Å². The second-order valence-electron chi connectivity index (χ2n) is 4.98. The summed E-state index contributed by atoms with van der Waals surface area (Å²) in [5, 5.41) is 19.3. The number of carbonyl (C=O) groups is 3. The summed E-state index contributed by atoms with van der Waals surface area (Å²) in [7, 11) is 0. The summed E-state index contributed by atoms with van der Waals surface area (Å²) in [4.78, 5) is 30.2. The predicted octanol–water partition coefficient (Wildman–Crippen LogP) is -1.86. The van der Waals surface area contributed by atoms with Gasteiger partial charge in [0.15, 0.2) is 5.97 Å². The number of benzene rings is 1. The van der Waals surface area contributed by atoms with E-state index in [0.717, 1.165) is 18.5 Å². The van der Waals surface area contributed by atoms with Crippen molar-refractivity contribution in [2.75, 3.05) is 13.1 Å². The first-order chi connectivity index (χ1) is 10.4. The Kier molecular flexibility index (Phi) is 6.06. The van der Waals surface area contributed by atoms with Crippen LogP contribution in [-0.2, 0) is 19.8 Å². The van der Waals surface area contributed by atoms with Crippen LogP contribution in [0.4, 0.5) is 0 Å². The van der Waals surface area contributed by atoms with Crippen molar-refractivity contribution in [3.63, 3.8) is 0 Å². The minimum atomic E-state index is -2.07. The van der Waals surface area contributed by atoms with Crippen LogP contribution in [0.2, 0.25) is 0 Å². The van der Waals surface area contributed by atoms with Crippen LogP contribution < -0.4 is 16.2 Å². The molecule has 0 aromatic heterocycles. The highest BCUT2D eigenvalue weighted by molar-refractivity contribution is 6.26. The van der Waals surface area contributed by atoms with E-state index in [9.17, 15) is 4.79 Å². The van der Waals surface area contributed by atoms with Crippen molar-refractivity contribution < 1.29 is 30.3 Å². The number of amides is 1. The lowest BCUT2D eigenvalue weighted by molar-refractivity contribution is -0.373. The number of carboxylic acid groups (broad SMARTS) is 2. The Morgan fingerprint density at radius 2 is 1.91 bits per heavy atom. The zero-order valence-electron chi connectivity index (χ0n) is 12.4. The maximum Gasteiger partial charge on any atom is 0.351 e. The molecule has 7 nitrogen and oxygen atoms in total. The SMILES string of the molecule is CCNC(=O)C1(c2ccccc2)CC1C[NH3+].O=C([O-])C(=O)O. The van der Waals surface area contributed by atoms with Crippen molar-refractivity contribution in [3.05, 3.63) is 35.9 Å². The van der Waals surface area contributed by atoms with Crippen LogP contribution >= 0.6 is 0 Å². The number of quaternary nitrogens is 1. The highest BCUT2D eigenvalue weighted by Crippen LogP contribution is 2.53. The molecule has 1 amide bonds. The molecule has 2 rings (SSSR count). The van der Waals surface area contributed by atoms with Crippen molar-refractivity contribution >= 4 is 17.8 Å². The summed E-state index contributed by atoms with van der Waals surface area (Å²) >= 11 is 0. The van der Waals surface area contributed by atoms with Gasteiger partial charge in [0.25, 0.3) is 0 Å². The fourth-order valence-electron chi connectivity index (χ4n) is 2.49. The zero-order valence-corrected chi connectivity index (χ0v) is 12.4. The van der Waals surface area contributed by atoms with Gasteiger partial charge in [-0.15, -0.1) is 0 Å². The van der Waals surface area contributed by atoms with E-state index in [-0.39, 0.29) is 11.3 Å². The molecule has 1 aliphatic rings. The van der Waals surface area contributed by atoms with Crippen LogP contribution in [0, 0.1) is 5.92 Å². The number of hydrogen-bond donors (Lipinski definition) is 3. The van der Waals surface area contributed by atoms with Gasteiger partial charge in [-0.1, -0.05) is 30.3 Å². The molecule has 2 atom stereocenters. The zero-order chi connectivity index (χ0) is 16.8. The standard InChI is InChI=1S/C13H18N2O.C2H2O4/c1-2-15-12(16)13(8-11(13)9-14)10-6-4-3-5-7-10;3-1(4)2(5)6/h3-7,11H,2,8-9,14H2,1H3,(H,15,16);(H,3,4)(H,5,6). The van der Waals surface area contributed by atoms with Crippen LogP contribution in [0.1, 0.15) is 18.9 Å². The summed E-state index contributed by atoms with van der Waals surface area (Å²) in [6.07, 6.45) is 0.937. The maximum atomic E-state index is 12.2. The van der Waals surface area contributed by atoms with Crippen LogP contribution in [-0.4, -0.2) is 36.0 Å². The van der Waals surface area contributed by atoms with Gasteiger partial charge >= 0.3 is 5.97 Å². The quantitative estimate of drug-likeness (QED) is 0.561. The van der Waals surface area contributed by atoms with E-state index in [1.807, 2.05) is 37.3 Å². The molecule has 0 spiro atoms. The fourth-order valence-corrected chi connectivity index (χ4v) is 2.49. The minimum absolute atomic E-state index is 0.162. The van der Waals surface area contributed by atoms with Gasteiger partial charge in [-0.2, -0.15) is 0 Å². The smallest absolute Gasteiger partial charge is 0.351 e. The Hall–Kier alpha value is -2.41. The Balaban J connectivity index is 0.000000346. The number of carbonyl (C=O) groups excluding carboxylic acids is 2. The maximum absolute atomic E-state index is 12.2. The number of hydrogen-bond acceptors (Lipinski definition) is 4. The number of aliphatic carboxylic acids is 2.